The van der Waals surface area contributed by atoms with Crippen LogP contribution in [0.15, 0.2) is 11.6 Å². The topological polar surface area (TPSA) is 61.8 Å². The van der Waals surface area contributed by atoms with Crippen LogP contribution in [0.2, 0.25) is 0 Å². The summed E-state index contributed by atoms with van der Waals surface area (Å²) < 4.78 is 16.9. The number of fused-ring (bicyclic) bond motifs is 7. The molecule has 5 aliphatic rings. The average Bonchev–Trinajstić information content (AvgIpc) is 2.84. The summed E-state index contributed by atoms with van der Waals surface area (Å²) in [4.78, 5) is 24.8. The number of carbonyl (C=O) groups is 2. The fourth-order valence-electron chi connectivity index (χ4n) is 11.3. The summed E-state index contributed by atoms with van der Waals surface area (Å²) in [5.74, 6) is 1.20. The van der Waals surface area contributed by atoms with Gasteiger partial charge >= 0.3 is 11.9 Å². The number of hydrogen-bond donors (Lipinski definition) is 0. The molecule has 39 heavy (non-hydrogen) atoms. The van der Waals surface area contributed by atoms with E-state index in [9.17, 15) is 9.59 Å². The standard InChI is InChI=1S/C34H54O5/c1-22(35)38-21-39-27-13-14-31(6)25(30(27,4)5)12-15-33(8)26(31)11-10-23-24-20-29(2,3)16-18-34(24,28(36)37-9)19-17-32(23,33)7/h10,24-27H,11-21H2,1-9H3/t24-,25?,26-,27+,31+,32-,33-,34+/m1/s1. The summed E-state index contributed by atoms with van der Waals surface area (Å²) in [5.41, 5.74) is 2.03. The fourth-order valence-corrected chi connectivity index (χ4v) is 11.3. The molecule has 5 aliphatic carbocycles. The van der Waals surface area contributed by atoms with Gasteiger partial charge in [-0.1, -0.05) is 60.1 Å². The molecule has 4 fully saturated rings. The Morgan fingerprint density at radius 1 is 0.897 bits per heavy atom. The van der Waals surface area contributed by atoms with E-state index >= 15 is 0 Å². The molecule has 5 nitrogen and oxygen atoms in total. The number of methoxy groups -OCH3 is 1. The first-order valence-electron chi connectivity index (χ1n) is 15.6. The van der Waals surface area contributed by atoms with Crippen molar-refractivity contribution < 1.29 is 23.8 Å². The van der Waals surface area contributed by atoms with Crippen molar-refractivity contribution in [1.29, 1.82) is 0 Å². The van der Waals surface area contributed by atoms with Crippen LogP contribution < -0.4 is 0 Å². The minimum absolute atomic E-state index is 0.0133. The van der Waals surface area contributed by atoms with Crippen LogP contribution in [0.1, 0.15) is 120 Å². The van der Waals surface area contributed by atoms with Gasteiger partial charge < -0.3 is 14.2 Å². The molecule has 4 saturated carbocycles. The highest BCUT2D eigenvalue weighted by atomic mass is 16.7. The third-order valence-corrected chi connectivity index (χ3v) is 13.7. The number of rotatable bonds is 4. The molecular weight excluding hydrogens is 488 g/mol. The van der Waals surface area contributed by atoms with Crippen molar-refractivity contribution in [3.05, 3.63) is 11.6 Å². The Balaban J connectivity index is 1.49. The predicted octanol–water partition coefficient (Wildman–Crippen LogP) is 7.87. The smallest absolute Gasteiger partial charge is 0.312 e. The van der Waals surface area contributed by atoms with E-state index in [1.165, 1.54) is 19.8 Å². The maximum absolute atomic E-state index is 13.4. The molecule has 220 valence electrons. The van der Waals surface area contributed by atoms with Gasteiger partial charge in [0.05, 0.1) is 18.6 Å². The Morgan fingerprint density at radius 3 is 2.26 bits per heavy atom. The number of carbonyl (C=O) groups excluding carboxylic acids is 2. The van der Waals surface area contributed by atoms with Crippen LogP contribution in [0.5, 0.6) is 0 Å². The largest absolute Gasteiger partial charge is 0.469 e. The summed E-state index contributed by atoms with van der Waals surface area (Å²) in [7, 11) is 1.59. The lowest BCUT2D eigenvalue weighted by Gasteiger charge is -2.71. The third kappa shape index (κ3) is 4.09. The summed E-state index contributed by atoms with van der Waals surface area (Å²) in [6, 6.07) is 0. The second-order valence-electron chi connectivity index (χ2n) is 16.1. The van der Waals surface area contributed by atoms with Crippen molar-refractivity contribution in [2.24, 2.45) is 50.2 Å². The molecule has 8 atom stereocenters. The van der Waals surface area contributed by atoms with E-state index in [1.807, 2.05) is 0 Å². The Bertz CT molecular complexity index is 1040. The minimum atomic E-state index is -0.348. The first-order valence-corrected chi connectivity index (χ1v) is 15.6. The minimum Gasteiger partial charge on any atom is -0.469 e. The van der Waals surface area contributed by atoms with Gasteiger partial charge in [-0.25, -0.2) is 0 Å². The summed E-state index contributed by atoms with van der Waals surface area (Å²) >= 11 is 0. The first-order chi connectivity index (χ1) is 18.1. The molecule has 0 amide bonds. The molecule has 0 heterocycles. The lowest BCUT2D eigenvalue weighted by molar-refractivity contribution is -0.225. The number of ether oxygens (including phenoxy) is 3. The van der Waals surface area contributed by atoms with Crippen molar-refractivity contribution in [3.63, 3.8) is 0 Å². The normalized spacial score (nSPS) is 45.9. The molecule has 1 unspecified atom stereocenters. The number of hydrogen-bond acceptors (Lipinski definition) is 5. The van der Waals surface area contributed by atoms with Crippen LogP contribution in [-0.2, 0) is 23.8 Å². The Morgan fingerprint density at radius 2 is 1.59 bits per heavy atom. The van der Waals surface area contributed by atoms with Crippen LogP contribution in [0.3, 0.4) is 0 Å². The molecule has 0 aromatic carbocycles. The molecule has 0 saturated heterocycles. The summed E-state index contributed by atoms with van der Waals surface area (Å²) in [6.45, 7) is 18.8. The van der Waals surface area contributed by atoms with Gasteiger partial charge in [0.2, 0.25) is 0 Å². The molecule has 0 bridgehead atoms. The van der Waals surface area contributed by atoms with Crippen molar-refractivity contribution in [2.75, 3.05) is 13.9 Å². The fraction of sp³-hybridized carbons (Fsp3) is 0.882. The molecule has 0 N–H and O–H groups in total. The van der Waals surface area contributed by atoms with Crippen LogP contribution in [0.4, 0.5) is 0 Å². The van der Waals surface area contributed by atoms with Crippen LogP contribution in [0.25, 0.3) is 0 Å². The average molecular weight is 543 g/mol. The molecular formula is C34H54O5. The molecule has 0 spiro atoms. The highest BCUT2D eigenvalue weighted by Gasteiger charge is 2.69. The predicted molar refractivity (Wildman–Crippen MR) is 153 cm³/mol. The number of allylic oxidation sites excluding steroid dienone is 2. The SMILES string of the molecule is COC(=O)[C@]12CCC(C)(C)C[C@@H]1C1=CC[C@@H]3[C@@]4(C)CC[C@H](OCOC(C)=O)C(C)(C)C4CC[C@@]3(C)[C@]1(C)CC2. The second-order valence-corrected chi connectivity index (χ2v) is 16.1. The van der Waals surface area contributed by atoms with E-state index in [2.05, 4.69) is 54.5 Å². The van der Waals surface area contributed by atoms with Gasteiger partial charge in [-0.05, 0) is 109 Å². The van der Waals surface area contributed by atoms with E-state index < -0.39 is 0 Å². The Hall–Kier alpha value is -1.36. The van der Waals surface area contributed by atoms with E-state index in [0.717, 1.165) is 51.4 Å². The third-order valence-electron chi connectivity index (χ3n) is 13.7. The summed E-state index contributed by atoms with van der Waals surface area (Å²) in [5, 5.41) is 0. The molecule has 0 radical (unpaired) electrons. The monoisotopic (exact) mass is 542 g/mol. The maximum atomic E-state index is 13.4. The molecule has 0 aromatic rings. The van der Waals surface area contributed by atoms with Gasteiger partial charge in [0.25, 0.3) is 0 Å². The van der Waals surface area contributed by atoms with Gasteiger partial charge in [-0.2, -0.15) is 0 Å². The highest BCUT2D eigenvalue weighted by Crippen LogP contribution is 2.75. The van der Waals surface area contributed by atoms with Gasteiger partial charge in [-0.15, -0.1) is 0 Å². The molecule has 5 heteroatoms. The van der Waals surface area contributed by atoms with Gasteiger partial charge in [-0.3, -0.25) is 9.59 Å². The molecule has 5 rings (SSSR count). The van der Waals surface area contributed by atoms with Gasteiger partial charge in [0.15, 0.2) is 6.79 Å². The van der Waals surface area contributed by atoms with Crippen molar-refractivity contribution in [3.8, 4) is 0 Å². The first kappa shape index (κ1) is 29.1. The van der Waals surface area contributed by atoms with Crippen LogP contribution in [0, 0.1) is 50.2 Å². The van der Waals surface area contributed by atoms with Gasteiger partial charge in [0.1, 0.15) is 0 Å². The van der Waals surface area contributed by atoms with E-state index in [4.69, 9.17) is 14.2 Å². The van der Waals surface area contributed by atoms with E-state index in [0.29, 0.717) is 11.8 Å². The molecule has 0 aromatic heterocycles. The van der Waals surface area contributed by atoms with E-state index in [1.54, 1.807) is 12.7 Å². The lowest BCUT2D eigenvalue weighted by atomic mass is 9.33. The van der Waals surface area contributed by atoms with E-state index in [-0.39, 0.29) is 63.2 Å². The Kier molecular flexibility index (Phi) is 6.97. The second kappa shape index (κ2) is 9.33. The van der Waals surface area contributed by atoms with Crippen molar-refractivity contribution in [2.45, 2.75) is 126 Å². The molecule has 0 aliphatic heterocycles. The van der Waals surface area contributed by atoms with Gasteiger partial charge in [0, 0.05) is 6.92 Å². The quantitative estimate of drug-likeness (QED) is 0.205. The van der Waals surface area contributed by atoms with Crippen molar-refractivity contribution >= 4 is 11.9 Å². The van der Waals surface area contributed by atoms with Crippen molar-refractivity contribution in [1.82, 2.24) is 0 Å². The van der Waals surface area contributed by atoms with Crippen LogP contribution in [-0.4, -0.2) is 31.9 Å². The Labute approximate surface area is 237 Å². The zero-order valence-electron chi connectivity index (χ0n) is 26.2. The zero-order chi connectivity index (χ0) is 28.6. The highest BCUT2D eigenvalue weighted by molar-refractivity contribution is 5.78. The summed E-state index contributed by atoms with van der Waals surface area (Å²) in [6.07, 6.45) is 13.6. The lowest BCUT2D eigenvalue weighted by Crippen LogP contribution is -2.65. The zero-order valence-corrected chi connectivity index (χ0v) is 26.2. The van der Waals surface area contributed by atoms with Crippen LogP contribution >= 0.6 is 0 Å². The maximum Gasteiger partial charge on any atom is 0.312 e. The number of esters is 2.